The summed E-state index contributed by atoms with van der Waals surface area (Å²) in [7, 11) is 0. The lowest BCUT2D eigenvalue weighted by Crippen LogP contribution is -2.06. The fourth-order valence-electron chi connectivity index (χ4n) is 6.82. The monoisotopic (exact) mass is 619 g/mol. The highest BCUT2D eigenvalue weighted by molar-refractivity contribution is 7.26. The van der Waals surface area contributed by atoms with Crippen molar-refractivity contribution in [3.05, 3.63) is 152 Å². The molecule has 0 aliphatic carbocycles. The van der Waals surface area contributed by atoms with Crippen molar-refractivity contribution in [2.45, 2.75) is 0 Å². The van der Waals surface area contributed by atoms with Crippen molar-refractivity contribution < 1.29 is 0 Å². The molecule has 4 aromatic heterocycles. The van der Waals surface area contributed by atoms with Crippen LogP contribution in [0.4, 0.5) is 0 Å². The standard InChI is InChI=1S/C41H25N5S/c1-4-12-26(13-5-1)39-42-40(27-14-6-2-7-15-27)44-41(43-39)46-35-24-28-22-23-45(29-16-8-3-9-17-29)34(28)25-33(35)31-20-21-32-30-18-10-11-19-36(30)47-38(32)37(31)46/h1-25H. The van der Waals surface area contributed by atoms with Crippen molar-refractivity contribution in [3.8, 4) is 34.4 Å². The maximum atomic E-state index is 5.21. The summed E-state index contributed by atoms with van der Waals surface area (Å²) in [6.45, 7) is 0. The van der Waals surface area contributed by atoms with E-state index in [1.54, 1.807) is 0 Å². The largest absolute Gasteiger partial charge is 0.317 e. The van der Waals surface area contributed by atoms with Gasteiger partial charge in [-0.25, -0.2) is 4.98 Å². The van der Waals surface area contributed by atoms with Crippen molar-refractivity contribution in [2.75, 3.05) is 0 Å². The van der Waals surface area contributed by atoms with E-state index in [2.05, 4.69) is 125 Å². The molecule has 0 N–H and O–H groups in total. The molecule has 0 aliphatic rings. The van der Waals surface area contributed by atoms with Gasteiger partial charge in [-0.1, -0.05) is 109 Å². The number of fused-ring (bicyclic) bond motifs is 8. The van der Waals surface area contributed by atoms with Crippen LogP contribution in [0, 0.1) is 0 Å². The molecular weight excluding hydrogens is 595 g/mol. The molecule has 0 aliphatic heterocycles. The van der Waals surface area contributed by atoms with Gasteiger partial charge >= 0.3 is 0 Å². The zero-order chi connectivity index (χ0) is 30.9. The highest BCUT2D eigenvalue weighted by atomic mass is 32.1. The van der Waals surface area contributed by atoms with Gasteiger partial charge in [0.25, 0.3) is 0 Å². The first-order valence-corrected chi connectivity index (χ1v) is 16.4. The molecule has 0 fully saturated rings. The molecule has 0 unspecified atom stereocenters. The number of nitrogens with zero attached hydrogens (tertiary/aromatic N) is 5. The summed E-state index contributed by atoms with van der Waals surface area (Å²) in [4.78, 5) is 15.4. The van der Waals surface area contributed by atoms with Crippen molar-refractivity contribution in [1.82, 2.24) is 24.1 Å². The predicted molar refractivity (Wildman–Crippen MR) is 195 cm³/mol. The van der Waals surface area contributed by atoms with E-state index in [1.165, 1.54) is 25.6 Å². The van der Waals surface area contributed by atoms with E-state index >= 15 is 0 Å². The van der Waals surface area contributed by atoms with Crippen molar-refractivity contribution in [1.29, 1.82) is 0 Å². The molecule has 0 saturated heterocycles. The number of rotatable bonds is 4. The predicted octanol–water partition coefficient (Wildman–Crippen LogP) is 10.6. The van der Waals surface area contributed by atoms with Gasteiger partial charge in [0.05, 0.1) is 21.3 Å². The van der Waals surface area contributed by atoms with Crippen LogP contribution >= 0.6 is 11.3 Å². The molecule has 47 heavy (non-hydrogen) atoms. The van der Waals surface area contributed by atoms with E-state index in [4.69, 9.17) is 15.0 Å². The van der Waals surface area contributed by atoms with Gasteiger partial charge in [-0.05, 0) is 36.4 Å². The van der Waals surface area contributed by atoms with Crippen molar-refractivity contribution >= 4 is 64.2 Å². The molecule has 220 valence electrons. The second kappa shape index (κ2) is 10.2. The summed E-state index contributed by atoms with van der Waals surface area (Å²) in [5.41, 5.74) is 6.36. The lowest BCUT2D eigenvalue weighted by molar-refractivity contribution is 0.956. The van der Waals surface area contributed by atoms with Crippen LogP contribution in [0.5, 0.6) is 0 Å². The van der Waals surface area contributed by atoms with Gasteiger partial charge in [-0.15, -0.1) is 11.3 Å². The SMILES string of the molecule is c1ccc(-c2nc(-c3ccccc3)nc(-n3c4cc5ccn(-c6ccccc6)c5cc4c4ccc5c6ccccc6sc5c43)n2)cc1. The number of thiophene rings is 1. The molecule has 10 aromatic rings. The quantitative estimate of drug-likeness (QED) is 0.197. The molecule has 6 heteroatoms. The Bertz CT molecular complexity index is 2720. The topological polar surface area (TPSA) is 48.5 Å². The first-order chi connectivity index (χ1) is 23.3. The maximum absolute atomic E-state index is 5.21. The van der Waals surface area contributed by atoms with Crippen LogP contribution in [0.25, 0.3) is 87.3 Å². The van der Waals surface area contributed by atoms with Gasteiger partial charge in [0.15, 0.2) is 11.6 Å². The molecule has 4 heterocycles. The Labute approximate surface area is 273 Å². The first-order valence-electron chi connectivity index (χ1n) is 15.6. The van der Waals surface area contributed by atoms with Crippen LogP contribution in [0.1, 0.15) is 0 Å². The summed E-state index contributed by atoms with van der Waals surface area (Å²) in [6.07, 6.45) is 2.15. The summed E-state index contributed by atoms with van der Waals surface area (Å²) in [6, 6.07) is 50.9. The average molecular weight is 620 g/mol. The Morgan fingerprint density at radius 1 is 0.489 bits per heavy atom. The minimum Gasteiger partial charge on any atom is -0.317 e. The van der Waals surface area contributed by atoms with Crippen LogP contribution < -0.4 is 0 Å². The Kier molecular flexibility index (Phi) is 5.68. The average Bonchev–Trinajstić information content (AvgIpc) is 3.83. The fraction of sp³-hybridized carbons (Fsp3) is 0. The Morgan fingerprint density at radius 2 is 1.13 bits per heavy atom. The molecular formula is C41H25N5S. The number of hydrogen-bond acceptors (Lipinski definition) is 4. The fourth-order valence-corrected chi connectivity index (χ4v) is 8.06. The minimum absolute atomic E-state index is 0.601. The Morgan fingerprint density at radius 3 is 1.85 bits per heavy atom. The van der Waals surface area contributed by atoms with E-state index in [1.807, 2.05) is 47.7 Å². The van der Waals surface area contributed by atoms with E-state index < -0.39 is 0 Å². The highest BCUT2D eigenvalue weighted by Gasteiger charge is 2.22. The summed E-state index contributed by atoms with van der Waals surface area (Å²) >= 11 is 1.83. The highest BCUT2D eigenvalue weighted by Crippen LogP contribution is 2.43. The van der Waals surface area contributed by atoms with E-state index in [-0.39, 0.29) is 0 Å². The van der Waals surface area contributed by atoms with Gasteiger partial charge < -0.3 is 4.57 Å². The third kappa shape index (κ3) is 4.05. The molecule has 0 spiro atoms. The van der Waals surface area contributed by atoms with Crippen LogP contribution in [-0.4, -0.2) is 24.1 Å². The molecule has 6 aromatic carbocycles. The van der Waals surface area contributed by atoms with E-state index in [0.29, 0.717) is 17.6 Å². The molecule has 10 rings (SSSR count). The van der Waals surface area contributed by atoms with Gasteiger partial charge in [-0.3, -0.25) is 4.57 Å². The summed E-state index contributed by atoms with van der Waals surface area (Å²) < 4.78 is 7.01. The van der Waals surface area contributed by atoms with Crippen molar-refractivity contribution in [3.63, 3.8) is 0 Å². The molecule has 0 bridgehead atoms. The van der Waals surface area contributed by atoms with Crippen LogP contribution in [0.2, 0.25) is 0 Å². The van der Waals surface area contributed by atoms with Crippen molar-refractivity contribution in [2.24, 2.45) is 0 Å². The zero-order valence-corrected chi connectivity index (χ0v) is 25.9. The normalized spacial score (nSPS) is 11.8. The molecule has 0 saturated carbocycles. The smallest absolute Gasteiger partial charge is 0.238 e. The molecule has 0 radical (unpaired) electrons. The van der Waals surface area contributed by atoms with Gasteiger partial charge in [0, 0.05) is 54.6 Å². The van der Waals surface area contributed by atoms with E-state index in [9.17, 15) is 0 Å². The number of hydrogen-bond donors (Lipinski definition) is 0. The summed E-state index contributed by atoms with van der Waals surface area (Å²) in [5.74, 6) is 1.89. The minimum atomic E-state index is 0.601. The zero-order valence-electron chi connectivity index (χ0n) is 25.1. The molecule has 5 nitrogen and oxygen atoms in total. The van der Waals surface area contributed by atoms with Gasteiger partial charge in [0.1, 0.15) is 0 Å². The molecule has 0 amide bonds. The maximum Gasteiger partial charge on any atom is 0.238 e. The number of para-hydroxylation sites is 1. The Hall–Kier alpha value is -6.11. The third-order valence-corrected chi connectivity index (χ3v) is 10.2. The second-order valence-corrected chi connectivity index (χ2v) is 12.8. The van der Waals surface area contributed by atoms with Crippen LogP contribution in [-0.2, 0) is 0 Å². The van der Waals surface area contributed by atoms with Gasteiger partial charge in [-0.2, -0.15) is 9.97 Å². The van der Waals surface area contributed by atoms with Crippen LogP contribution in [0.3, 0.4) is 0 Å². The molecule has 0 atom stereocenters. The van der Waals surface area contributed by atoms with E-state index in [0.717, 1.165) is 44.1 Å². The van der Waals surface area contributed by atoms with Gasteiger partial charge in [0.2, 0.25) is 5.95 Å². The lowest BCUT2D eigenvalue weighted by Gasteiger charge is -2.11. The summed E-state index contributed by atoms with van der Waals surface area (Å²) in [5, 5.41) is 5.98. The lowest BCUT2D eigenvalue weighted by atomic mass is 10.1. The number of benzene rings is 6. The number of aromatic nitrogens is 5. The third-order valence-electron chi connectivity index (χ3n) is 9.01. The second-order valence-electron chi connectivity index (χ2n) is 11.7. The van der Waals surface area contributed by atoms with Crippen LogP contribution in [0.15, 0.2) is 152 Å². The Balaban J connectivity index is 1.36. The first kappa shape index (κ1) is 26.1.